The number of aliphatic hydroxyl groups is 1. The SMILES string of the molecule is Cc1cc(-c2nc(-c3ccc(OC(F)(F)F)cc3)no2)nn1Cc1ccc(NCCN2CCC(O)CC2)cn1. The Bertz CT molecular complexity index is 1360. The average Bonchev–Trinajstić information content (AvgIpc) is 3.53. The molecule has 0 spiro atoms. The highest BCUT2D eigenvalue weighted by Crippen LogP contribution is 2.27. The molecule has 2 N–H and O–H groups in total. The summed E-state index contributed by atoms with van der Waals surface area (Å²) in [6.07, 6.45) is -1.47. The Morgan fingerprint density at radius 3 is 2.59 bits per heavy atom. The second kappa shape index (κ2) is 11.4. The number of benzene rings is 1. The summed E-state index contributed by atoms with van der Waals surface area (Å²) in [6, 6.07) is 11.0. The van der Waals surface area contributed by atoms with Crippen LogP contribution in [-0.2, 0) is 6.54 Å². The molecule has 0 aliphatic carbocycles. The number of aromatic nitrogens is 5. The van der Waals surface area contributed by atoms with Crippen LogP contribution in [0.2, 0.25) is 0 Å². The highest BCUT2D eigenvalue weighted by Gasteiger charge is 2.31. The van der Waals surface area contributed by atoms with Crippen molar-refractivity contribution < 1.29 is 27.5 Å². The molecule has 1 fully saturated rings. The van der Waals surface area contributed by atoms with Crippen molar-refractivity contribution in [1.29, 1.82) is 0 Å². The summed E-state index contributed by atoms with van der Waals surface area (Å²) < 4.78 is 48.1. The molecule has 0 atom stereocenters. The molecule has 13 heteroatoms. The zero-order valence-electron chi connectivity index (χ0n) is 21.2. The van der Waals surface area contributed by atoms with E-state index >= 15 is 0 Å². The van der Waals surface area contributed by atoms with Crippen LogP contribution < -0.4 is 10.1 Å². The minimum absolute atomic E-state index is 0.166. The summed E-state index contributed by atoms with van der Waals surface area (Å²) in [7, 11) is 0. The smallest absolute Gasteiger partial charge is 0.406 e. The lowest BCUT2D eigenvalue weighted by atomic mass is 10.1. The quantitative estimate of drug-likeness (QED) is 0.322. The fourth-order valence-corrected chi connectivity index (χ4v) is 4.30. The number of halogens is 3. The molecule has 0 amide bonds. The summed E-state index contributed by atoms with van der Waals surface area (Å²) in [5.74, 6) is 0.0809. The molecule has 206 valence electrons. The van der Waals surface area contributed by atoms with Crippen molar-refractivity contribution in [2.24, 2.45) is 0 Å². The maximum atomic E-state index is 12.4. The first-order valence-corrected chi connectivity index (χ1v) is 12.6. The van der Waals surface area contributed by atoms with Gasteiger partial charge in [-0.3, -0.25) is 9.67 Å². The van der Waals surface area contributed by atoms with Crippen LogP contribution >= 0.6 is 0 Å². The molecule has 1 saturated heterocycles. The monoisotopic (exact) mass is 543 g/mol. The Balaban J connectivity index is 1.17. The zero-order valence-corrected chi connectivity index (χ0v) is 21.2. The Hall–Kier alpha value is -3.97. The van der Waals surface area contributed by atoms with Crippen LogP contribution in [0.25, 0.3) is 23.0 Å². The summed E-state index contributed by atoms with van der Waals surface area (Å²) in [5.41, 5.74) is 3.59. The van der Waals surface area contributed by atoms with E-state index in [9.17, 15) is 18.3 Å². The summed E-state index contributed by atoms with van der Waals surface area (Å²) in [4.78, 5) is 11.2. The zero-order chi connectivity index (χ0) is 27.4. The van der Waals surface area contributed by atoms with E-state index in [-0.39, 0.29) is 23.6 Å². The number of rotatable bonds is 9. The van der Waals surface area contributed by atoms with Crippen LogP contribution in [0.5, 0.6) is 5.75 Å². The van der Waals surface area contributed by atoms with Crippen molar-refractivity contribution in [1.82, 2.24) is 29.8 Å². The number of pyridine rings is 1. The lowest BCUT2D eigenvalue weighted by Gasteiger charge is -2.29. The maximum absolute atomic E-state index is 12.4. The molecule has 0 bridgehead atoms. The largest absolute Gasteiger partial charge is 0.573 e. The van der Waals surface area contributed by atoms with Gasteiger partial charge in [0.1, 0.15) is 5.75 Å². The molecule has 0 unspecified atom stereocenters. The van der Waals surface area contributed by atoms with Crippen molar-refractivity contribution in [2.75, 3.05) is 31.5 Å². The second-order valence-corrected chi connectivity index (χ2v) is 9.36. The van der Waals surface area contributed by atoms with Crippen LogP contribution in [0.4, 0.5) is 18.9 Å². The highest BCUT2D eigenvalue weighted by molar-refractivity contribution is 5.59. The van der Waals surface area contributed by atoms with Gasteiger partial charge in [-0.1, -0.05) is 5.16 Å². The van der Waals surface area contributed by atoms with Crippen LogP contribution in [0.15, 0.2) is 53.2 Å². The second-order valence-electron chi connectivity index (χ2n) is 9.36. The topological polar surface area (TPSA) is 114 Å². The van der Waals surface area contributed by atoms with Gasteiger partial charge in [-0.25, -0.2) is 0 Å². The molecule has 1 aromatic carbocycles. The summed E-state index contributed by atoms with van der Waals surface area (Å²) >= 11 is 0. The van der Waals surface area contributed by atoms with Gasteiger partial charge in [0.05, 0.1) is 30.2 Å². The molecular weight excluding hydrogens is 515 g/mol. The predicted molar refractivity (Wildman–Crippen MR) is 136 cm³/mol. The van der Waals surface area contributed by atoms with Gasteiger partial charge in [0.15, 0.2) is 5.69 Å². The standard InChI is InChI=1S/C26H28F3N7O3/c1-17-14-23(25-32-24(34-39-25)18-2-6-22(7-3-18)38-26(27,28)29)33-36(17)16-20-5-4-19(15-31-20)30-10-13-35-11-8-21(37)9-12-35/h2-7,14-15,21,30,37H,8-13,16H2,1H3. The van der Waals surface area contributed by atoms with Gasteiger partial charge in [0, 0.05) is 37.4 Å². The maximum Gasteiger partial charge on any atom is 0.573 e. The van der Waals surface area contributed by atoms with Gasteiger partial charge < -0.3 is 24.6 Å². The molecule has 0 saturated carbocycles. The molecular formula is C26H28F3N7O3. The third kappa shape index (κ3) is 7.12. The molecule has 1 aliphatic heterocycles. The Morgan fingerprint density at radius 1 is 1.13 bits per heavy atom. The van der Waals surface area contributed by atoms with E-state index in [1.165, 1.54) is 24.3 Å². The van der Waals surface area contributed by atoms with E-state index < -0.39 is 6.36 Å². The lowest BCUT2D eigenvalue weighted by molar-refractivity contribution is -0.274. The number of likely N-dealkylation sites (tertiary alicyclic amines) is 1. The van der Waals surface area contributed by atoms with E-state index in [0.717, 1.165) is 56.1 Å². The number of anilines is 1. The number of aryl methyl sites for hydroxylation is 1. The fourth-order valence-electron chi connectivity index (χ4n) is 4.30. The van der Waals surface area contributed by atoms with Crippen LogP contribution in [0.3, 0.4) is 0 Å². The minimum Gasteiger partial charge on any atom is -0.406 e. The first-order chi connectivity index (χ1) is 18.7. The Labute approximate surface area is 222 Å². The third-order valence-corrected chi connectivity index (χ3v) is 6.42. The Morgan fingerprint density at radius 2 is 1.90 bits per heavy atom. The van der Waals surface area contributed by atoms with E-state index in [0.29, 0.717) is 17.8 Å². The summed E-state index contributed by atoms with van der Waals surface area (Å²) in [5, 5.41) is 21.5. The van der Waals surface area contributed by atoms with Crippen molar-refractivity contribution in [3.8, 4) is 28.7 Å². The van der Waals surface area contributed by atoms with Gasteiger partial charge in [-0.15, -0.1) is 13.2 Å². The first-order valence-electron chi connectivity index (χ1n) is 12.6. The third-order valence-electron chi connectivity index (χ3n) is 6.42. The first kappa shape index (κ1) is 26.6. The predicted octanol–water partition coefficient (Wildman–Crippen LogP) is 4.12. The van der Waals surface area contributed by atoms with E-state index in [4.69, 9.17) is 4.52 Å². The number of hydrogen-bond donors (Lipinski definition) is 2. The molecule has 0 radical (unpaired) electrons. The van der Waals surface area contributed by atoms with Crippen LogP contribution in [0, 0.1) is 6.92 Å². The van der Waals surface area contributed by atoms with Gasteiger partial charge in [-0.2, -0.15) is 10.1 Å². The number of piperidine rings is 1. The number of nitrogens with zero attached hydrogens (tertiary/aromatic N) is 6. The molecule has 5 rings (SSSR count). The van der Waals surface area contributed by atoms with Crippen molar-refractivity contribution in [2.45, 2.75) is 38.8 Å². The molecule has 3 aromatic heterocycles. The van der Waals surface area contributed by atoms with Gasteiger partial charge >= 0.3 is 6.36 Å². The van der Waals surface area contributed by atoms with E-state index in [1.54, 1.807) is 10.9 Å². The van der Waals surface area contributed by atoms with Gasteiger partial charge in [0.25, 0.3) is 5.89 Å². The number of hydrogen-bond acceptors (Lipinski definition) is 9. The molecule has 1 aliphatic rings. The number of aliphatic hydroxyl groups excluding tert-OH is 1. The summed E-state index contributed by atoms with van der Waals surface area (Å²) in [6.45, 7) is 5.91. The number of ether oxygens (including phenoxy) is 1. The van der Waals surface area contributed by atoms with E-state index in [1.807, 2.05) is 25.1 Å². The van der Waals surface area contributed by atoms with Crippen molar-refractivity contribution >= 4 is 5.69 Å². The van der Waals surface area contributed by atoms with E-state index in [2.05, 4.69) is 35.2 Å². The van der Waals surface area contributed by atoms with Gasteiger partial charge in [-0.05, 0) is 62.2 Å². The fraction of sp³-hybridized carbons (Fsp3) is 0.385. The lowest BCUT2D eigenvalue weighted by Crippen LogP contribution is -2.38. The number of alkyl halides is 3. The van der Waals surface area contributed by atoms with Gasteiger partial charge in [0.2, 0.25) is 5.82 Å². The number of nitrogens with one attached hydrogen (secondary N) is 1. The molecule has 4 aromatic rings. The Kier molecular flexibility index (Phi) is 7.79. The minimum atomic E-state index is -4.76. The highest BCUT2D eigenvalue weighted by atomic mass is 19.4. The molecule has 4 heterocycles. The average molecular weight is 544 g/mol. The molecule has 10 nitrogen and oxygen atoms in total. The van der Waals surface area contributed by atoms with Crippen LogP contribution in [-0.4, -0.2) is 73.6 Å². The van der Waals surface area contributed by atoms with Crippen molar-refractivity contribution in [3.05, 3.63) is 60.0 Å². The normalized spacial score (nSPS) is 15.0. The van der Waals surface area contributed by atoms with Crippen molar-refractivity contribution in [3.63, 3.8) is 0 Å². The van der Waals surface area contributed by atoms with Crippen LogP contribution in [0.1, 0.15) is 24.2 Å². The molecule has 39 heavy (non-hydrogen) atoms.